The van der Waals surface area contributed by atoms with Crippen molar-refractivity contribution in [1.82, 2.24) is 0 Å². The second-order valence-electron chi connectivity index (χ2n) is 4.42. The van der Waals surface area contributed by atoms with Gasteiger partial charge in [-0.25, -0.2) is 0 Å². The van der Waals surface area contributed by atoms with Crippen LogP contribution in [-0.2, 0) is 29.7 Å². The van der Waals surface area contributed by atoms with Gasteiger partial charge in [0.15, 0.2) is 0 Å². The Hall–Kier alpha value is 0.264. The minimum absolute atomic E-state index is 0.104. The molecule has 0 radical (unpaired) electrons. The van der Waals surface area contributed by atoms with Gasteiger partial charge in [0.1, 0.15) is 0 Å². The van der Waals surface area contributed by atoms with E-state index in [1.807, 2.05) is 41.5 Å². The molecule has 0 aliphatic heterocycles. The predicted molar refractivity (Wildman–Crippen MR) is 63.2 cm³/mol. The zero-order valence-electron chi connectivity index (χ0n) is 11.9. The summed E-state index contributed by atoms with van der Waals surface area (Å²) in [6, 6.07) is 0. The number of hydrogen-bond acceptors (Lipinski definition) is 4. The van der Waals surface area contributed by atoms with E-state index in [2.05, 4.69) is 0 Å². The fourth-order valence-electron chi connectivity index (χ4n) is 0.959. The summed E-state index contributed by atoms with van der Waals surface area (Å²) >= 11 is -4.12. The molecular weight excluding hydrogens is 259 g/mol. The molecule has 0 N–H and O–H groups in total. The first-order chi connectivity index (χ1) is 7.86. The summed E-state index contributed by atoms with van der Waals surface area (Å²) in [5, 5.41) is 0. The van der Waals surface area contributed by atoms with Gasteiger partial charge in [-0.2, -0.15) is 0 Å². The summed E-state index contributed by atoms with van der Waals surface area (Å²) in [6.07, 6.45) is 2.06. The van der Waals surface area contributed by atoms with Crippen molar-refractivity contribution in [1.29, 1.82) is 0 Å². The third kappa shape index (κ3) is 7.32. The molecule has 0 spiro atoms. The van der Waals surface area contributed by atoms with E-state index in [4.69, 9.17) is 11.0 Å². The summed E-state index contributed by atoms with van der Waals surface area (Å²) in [7, 11) is 0. The number of rotatable bonds is 9. The van der Waals surface area contributed by atoms with Gasteiger partial charge in [-0.15, -0.1) is 0 Å². The molecular formula is C12H27O4V. The van der Waals surface area contributed by atoms with E-state index in [0.717, 1.165) is 19.3 Å². The van der Waals surface area contributed by atoms with Crippen LogP contribution in [0.1, 0.15) is 60.8 Å². The minimum atomic E-state index is -4.12. The first kappa shape index (κ1) is 17.3. The molecule has 3 atom stereocenters. The Kier molecular flexibility index (Phi) is 8.51. The summed E-state index contributed by atoms with van der Waals surface area (Å²) in [5.41, 5.74) is 0. The van der Waals surface area contributed by atoms with Gasteiger partial charge in [0.2, 0.25) is 0 Å². The molecule has 0 rings (SSSR count). The monoisotopic (exact) mass is 286 g/mol. The Labute approximate surface area is 109 Å². The summed E-state index contributed by atoms with van der Waals surface area (Å²) in [6.45, 7) is 11.6. The van der Waals surface area contributed by atoms with Gasteiger partial charge in [-0.05, 0) is 0 Å². The molecule has 0 aromatic rings. The molecule has 4 nitrogen and oxygen atoms in total. The molecule has 0 aromatic heterocycles. The van der Waals surface area contributed by atoms with Crippen LogP contribution in [0.5, 0.6) is 0 Å². The van der Waals surface area contributed by atoms with Crippen LogP contribution in [-0.4, -0.2) is 18.3 Å². The maximum atomic E-state index is 12.5. The average molecular weight is 286 g/mol. The second kappa shape index (κ2) is 8.38. The summed E-state index contributed by atoms with van der Waals surface area (Å²) in [4.78, 5) is 0. The van der Waals surface area contributed by atoms with E-state index in [9.17, 15) is 3.67 Å². The van der Waals surface area contributed by atoms with Crippen molar-refractivity contribution >= 4 is 0 Å². The van der Waals surface area contributed by atoms with Gasteiger partial charge in [-0.1, -0.05) is 0 Å². The summed E-state index contributed by atoms with van der Waals surface area (Å²) < 4.78 is 29.0. The van der Waals surface area contributed by atoms with E-state index in [-0.39, 0.29) is 18.3 Å². The van der Waals surface area contributed by atoms with E-state index in [1.54, 1.807) is 0 Å². The average Bonchev–Trinajstić information content (AvgIpc) is 2.27. The van der Waals surface area contributed by atoms with Gasteiger partial charge >= 0.3 is 109 Å². The molecule has 0 saturated carbocycles. The molecule has 0 aromatic carbocycles. The summed E-state index contributed by atoms with van der Waals surface area (Å²) in [5.74, 6) is 0. The van der Waals surface area contributed by atoms with Gasteiger partial charge in [-0.3, -0.25) is 0 Å². The third-order valence-electron chi connectivity index (χ3n) is 2.65. The van der Waals surface area contributed by atoms with Crippen LogP contribution < -0.4 is 0 Å². The molecule has 0 aliphatic carbocycles. The first-order valence-corrected chi connectivity index (χ1v) is 8.80. The van der Waals surface area contributed by atoms with Crippen LogP contribution in [0.15, 0.2) is 0 Å². The molecule has 0 amide bonds. The zero-order chi connectivity index (χ0) is 13.5. The molecule has 3 unspecified atom stereocenters. The SMILES string of the molecule is CCC(C)[O][V](=[O])([O]C(C)CC)[O]C(C)CC. The molecule has 104 valence electrons. The van der Waals surface area contributed by atoms with E-state index in [1.165, 1.54) is 0 Å². The van der Waals surface area contributed by atoms with Gasteiger partial charge in [0.05, 0.1) is 0 Å². The fraction of sp³-hybridized carbons (Fsp3) is 1.00. The zero-order valence-corrected chi connectivity index (χ0v) is 13.3. The van der Waals surface area contributed by atoms with E-state index in [0.29, 0.717) is 0 Å². The molecule has 0 fully saturated rings. The fourth-order valence-corrected chi connectivity index (χ4v) is 3.96. The molecule has 5 heteroatoms. The normalized spacial score (nSPS) is 20.6. The Bertz CT molecular complexity index is 207. The van der Waals surface area contributed by atoms with Gasteiger partial charge in [0, 0.05) is 0 Å². The van der Waals surface area contributed by atoms with Crippen LogP contribution in [0, 0.1) is 0 Å². The Morgan fingerprint density at radius 1 is 0.765 bits per heavy atom. The third-order valence-corrected chi connectivity index (χ3v) is 5.55. The van der Waals surface area contributed by atoms with Crippen molar-refractivity contribution in [2.45, 2.75) is 79.1 Å². The van der Waals surface area contributed by atoms with Crippen molar-refractivity contribution < 1.29 is 29.7 Å². The molecule has 17 heavy (non-hydrogen) atoms. The maximum absolute atomic E-state index is 12.5. The van der Waals surface area contributed by atoms with Gasteiger partial charge < -0.3 is 0 Å². The molecule has 0 saturated heterocycles. The Balaban J connectivity index is 4.62. The quantitative estimate of drug-likeness (QED) is 0.648. The molecule has 0 heterocycles. The topological polar surface area (TPSA) is 44.8 Å². The van der Waals surface area contributed by atoms with Crippen molar-refractivity contribution in [2.75, 3.05) is 0 Å². The van der Waals surface area contributed by atoms with Crippen molar-refractivity contribution in [3.8, 4) is 0 Å². The Morgan fingerprint density at radius 3 is 1.18 bits per heavy atom. The Morgan fingerprint density at radius 2 is 1.00 bits per heavy atom. The van der Waals surface area contributed by atoms with Crippen molar-refractivity contribution in [2.24, 2.45) is 0 Å². The van der Waals surface area contributed by atoms with E-state index >= 15 is 0 Å². The van der Waals surface area contributed by atoms with Crippen LogP contribution in [0.4, 0.5) is 0 Å². The van der Waals surface area contributed by atoms with E-state index < -0.39 is 15.0 Å². The van der Waals surface area contributed by atoms with Crippen molar-refractivity contribution in [3.63, 3.8) is 0 Å². The second-order valence-corrected chi connectivity index (χ2v) is 6.80. The van der Waals surface area contributed by atoms with Crippen LogP contribution in [0.2, 0.25) is 0 Å². The standard InChI is InChI=1S/3C4H9O.O.V/c3*1-3-4(2)5;;/h3*4H,3H2,1-2H3;;/q3*-1;;+3. The van der Waals surface area contributed by atoms with Crippen LogP contribution in [0.25, 0.3) is 0 Å². The molecule has 0 bridgehead atoms. The molecule has 0 aliphatic rings. The predicted octanol–water partition coefficient (Wildman–Crippen LogP) is 3.68. The van der Waals surface area contributed by atoms with Gasteiger partial charge in [0.25, 0.3) is 0 Å². The first-order valence-electron chi connectivity index (χ1n) is 6.52. The van der Waals surface area contributed by atoms with Crippen molar-refractivity contribution in [3.05, 3.63) is 0 Å². The number of hydrogen-bond donors (Lipinski definition) is 0. The van der Waals surface area contributed by atoms with Crippen LogP contribution >= 0.6 is 0 Å². The van der Waals surface area contributed by atoms with Crippen LogP contribution in [0.3, 0.4) is 0 Å².